The predicted molar refractivity (Wildman–Crippen MR) is 73.9 cm³/mol. The number of rotatable bonds is 7. The van der Waals surface area contributed by atoms with Crippen LogP contribution in [0.25, 0.3) is 0 Å². The van der Waals surface area contributed by atoms with Crippen molar-refractivity contribution in [1.82, 2.24) is 0 Å². The van der Waals surface area contributed by atoms with Gasteiger partial charge in [0.05, 0.1) is 6.10 Å². The number of aliphatic hydroxyl groups excluding tert-OH is 1. The van der Waals surface area contributed by atoms with Gasteiger partial charge in [-0.3, -0.25) is 0 Å². The average Bonchev–Trinajstić information content (AvgIpc) is 2.37. The molecule has 0 bridgehead atoms. The first kappa shape index (κ1) is 15.0. The molecule has 2 nitrogen and oxygen atoms in total. The fraction of sp³-hybridized carbons (Fsp3) is 1.00. The highest BCUT2D eigenvalue weighted by Crippen LogP contribution is 2.43. The highest BCUT2D eigenvalue weighted by molar-refractivity contribution is 4.91. The van der Waals surface area contributed by atoms with Crippen molar-refractivity contribution in [2.45, 2.75) is 77.7 Å². The lowest BCUT2D eigenvalue weighted by atomic mass is 9.65. The maximum absolute atomic E-state index is 10.4. The summed E-state index contributed by atoms with van der Waals surface area (Å²) < 4.78 is 0. The Morgan fingerprint density at radius 2 is 1.88 bits per heavy atom. The Kier molecular flexibility index (Phi) is 6.50. The fourth-order valence-corrected chi connectivity index (χ4v) is 3.33. The molecule has 0 aromatic carbocycles. The van der Waals surface area contributed by atoms with E-state index in [2.05, 4.69) is 13.8 Å². The van der Waals surface area contributed by atoms with Gasteiger partial charge in [-0.25, -0.2) is 0 Å². The zero-order valence-electron chi connectivity index (χ0n) is 11.8. The molecule has 0 spiro atoms. The van der Waals surface area contributed by atoms with Crippen LogP contribution in [0.2, 0.25) is 0 Å². The van der Waals surface area contributed by atoms with E-state index in [1.54, 1.807) is 0 Å². The number of nitrogens with two attached hydrogens (primary N) is 1. The highest BCUT2D eigenvalue weighted by Gasteiger charge is 2.39. The van der Waals surface area contributed by atoms with Crippen LogP contribution in [-0.4, -0.2) is 17.8 Å². The summed E-state index contributed by atoms with van der Waals surface area (Å²) in [5.74, 6) is 0.887. The van der Waals surface area contributed by atoms with E-state index in [-0.39, 0.29) is 11.5 Å². The Morgan fingerprint density at radius 3 is 2.35 bits per heavy atom. The number of hydrogen-bond acceptors (Lipinski definition) is 2. The van der Waals surface area contributed by atoms with E-state index in [0.717, 1.165) is 38.0 Å². The molecule has 1 unspecified atom stereocenters. The molecule has 0 saturated heterocycles. The van der Waals surface area contributed by atoms with E-state index < -0.39 is 0 Å². The summed E-state index contributed by atoms with van der Waals surface area (Å²) in [4.78, 5) is 0. The SMILES string of the molecule is CCCCC(O)C1(CN)CCC(CCC)CC1. The number of unbranched alkanes of at least 4 members (excludes halogenated alkanes) is 1. The Balaban J connectivity index is 2.48. The topological polar surface area (TPSA) is 46.2 Å². The van der Waals surface area contributed by atoms with Crippen LogP contribution in [0.5, 0.6) is 0 Å². The van der Waals surface area contributed by atoms with Gasteiger partial charge in [0.15, 0.2) is 0 Å². The lowest BCUT2D eigenvalue weighted by Gasteiger charge is -2.43. The van der Waals surface area contributed by atoms with Crippen molar-refractivity contribution in [3.8, 4) is 0 Å². The van der Waals surface area contributed by atoms with Crippen LogP contribution >= 0.6 is 0 Å². The summed E-state index contributed by atoms with van der Waals surface area (Å²) in [7, 11) is 0. The van der Waals surface area contributed by atoms with E-state index in [0.29, 0.717) is 6.54 Å². The molecule has 102 valence electrons. The molecular weight excluding hydrogens is 210 g/mol. The summed E-state index contributed by atoms with van der Waals surface area (Å²) in [6.45, 7) is 5.11. The van der Waals surface area contributed by atoms with E-state index in [4.69, 9.17) is 5.73 Å². The fourth-order valence-electron chi connectivity index (χ4n) is 3.33. The first-order valence-corrected chi connectivity index (χ1v) is 7.56. The van der Waals surface area contributed by atoms with Gasteiger partial charge < -0.3 is 10.8 Å². The van der Waals surface area contributed by atoms with Gasteiger partial charge in [0, 0.05) is 12.0 Å². The second-order valence-electron chi connectivity index (χ2n) is 5.96. The lowest BCUT2D eigenvalue weighted by Crippen LogP contribution is -2.44. The van der Waals surface area contributed by atoms with Crippen molar-refractivity contribution in [2.75, 3.05) is 6.54 Å². The molecule has 0 aromatic rings. The molecule has 17 heavy (non-hydrogen) atoms. The molecule has 0 amide bonds. The first-order chi connectivity index (χ1) is 8.18. The molecule has 1 aliphatic rings. The summed E-state index contributed by atoms with van der Waals surface area (Å²) in [5.41, 5.74) is 6.01. The molecule has 2 heteroatoms. The third-order valence-corrected chi connectivity index (χ3v) is 4.74. The monoisotopic (exact) mass is 241 g/mol. The second-order valence-corrected chi connectivity index (χ2v) is 5.96. The second kappa shape index (κ2) is 7.38. The lowest BCUT2D eigenvalue weighted by molar-refractivity contribution is -0.0149. The minimum absolute atomic E-state index is 0.0411. The minimum atomic E-state index is -0.171. The van der Waals surface area contributed by atoms with Gasteiger partial charge in [0.25, 0.3) is 0 Å². The molecule has 0 heterocycles. The third kappa shape index (κ3) is 3.96. The van der Waals surface area contributed by atoms with Gasteiger partial charge in [-0.2, -0.15) is 0 Å². The molecule has 1 atom stereocenters. The zero-order valence-corrected chi connectivity index (χ0v) is 11.8. The third-order valence-electron chi connectivity index (χ3n) is 4.74. The van der Waals surface area contributed by atoms with Crippen LogP contribution in [0.1, 0.15) is 71.6 Å². The Hall–Kier alpha value is -0.0800. The van der Waals surface area contributed by atoms with Crippen LogP contribution in [-0.2, 0) is 0 Å². The quantitative estimate of drug-likeness (QED) is 0.717. The van der Waals surface area contributed by atoms with Crippen molar-refractivity contribution < 1.29 is 5.11 Å². The van der Waals surface area contributed by atoms with Crippen molar-refractivity contribution in [3.63, 3.8) is 0 Å². The van der Waals surface area contributed by atoms with E-state index in [9.17, 15) is 5.11 Å². The summed E-state index contributed by atoms with van der Waals surface area (Å²) in [5, 5.41) is 10.4. The standard InChI is InChI=1S/C15H31NO/c1-3-5-7-14(17)15(12-16)10-8-13(6-4-2)9-11-15/h13-14,17H,3-12,16H2,1-2H3. The van der Waals surface area contributed by atoms with Gasteiger partial charge in [0.2, 0.25) is 0 Å². The highest BCUT2D eigenvalue weighted by atomic mass is 16.3. The van der Waals surface area contributed by atoms with Crippen LogP contribution in [0.4, 0.5) is 0 Å². The van der Waals surface area contributed by atoms with E-state index in [1.807, 2.05) is 0 Å². The molecule has 1 rings (SSSR count). The zero-order chi connectivity index (χ0) is 12.7. The summed E-state index contributed by atoms with van der Waals surface area (Å²) in [6, 6.07) is 0. The molecule has 1 aliphatic carbocycles. The van der Waals surface area contributed by atoms with Gasteiger partial charge in [-0.05, 0) is 38.0 Å². The molecular formula is C15H31NO. The molecule has 1 fully saturated rings. The summed E-state index contributed by atoms with van der Waals surface area (Å²) in [6.07, 6.45) is 10.5. The maximum Gasteiger partial charge on any atom is 0.0608 e. The first-order valence-electron chi connectivity index (χ1n) is 7.56. The Bertz CT molecular complexity index is 197. The average molecular weight is 241 g/mol. The summed E-state index contributed by atoms with van der Waals surface area (Å²) >= 11 is 0. The van der Waals surface area contributed by atoms with E-state index in [1.165, 1.54) is 25.7 Å². The Labute approximate surface area is 107 Å². The van der Waals surface area contributed by atoms with E-state index >= 15 is 0 Å². The normalized spacial score (nSPS) is 31.4. The van der Waals surface area contributed by atoms with Gasteiger partial charge in [0.1, 0.15) is 0 Å². The minimum Gasteiger partial charge on any atom is -0.393 e. The largest absolute Gasteiger partial charge is 0.393 e. The van der Waals surface area contributed by atoms with Crippen molar-refractivity contribution in [1.29, 1.82) is 0 Å². The van der Waals surface area contributed by atoms with Crippen LogP contribution in [0.3, 0.4) is 0 Å². The maximum atomic E-state index is 10.4. The van der Waals surface area contributed by atoms with Crippen molar-refractivity contribution >= 4 is 0 Å². The van der Waals surface area contributed by atoms with Crippen molar-refractivity contribution in [3.05, 3.63) is 0 Å². The van der Waals surface area contributed by atoms with Gasteiger partial charge in [-0.15, -0.1) is 0 Å². The van der Waals surface area contributed by atoms with Crippen molar-refractivity contribution in [2.24, 2.45) is 17.1 Å². The van der Waals surface area contributed by atoms with Crippen LogP contribution < -0.4 is 5.73 Å². The molecule has 0 aromatic heterocycles. The molecule has 0 aliphatic heterocycles. The predicted octanol–water partition coefficient (Wildman–Crippen LogP) is 3.47. The van der Waals surface area contributed by atoms with Gasteiger partial charge in [-0.1, -0.05) is 39.5 Å². The Morgan fingerprint density at radius 1 is 1.24 bits per heavy atom. The van der Waals surface area contributed by atoms with Crippen LogP contribution in [0, 0.1) is 11.3 Å². The van der Waals surface area contributed by atoms with Gasteiger partial charge >= 0.3 is 0 Å². The number of hydrogen-bond donors (Lipinski definition) is 2. The molecule has 3 N–H and O–H groups in total. The van der Waals surface area contributed by atoms with Crippen LogP contribution in [0.15, 0.2) is 0 Å². The molecule has 0 radical (unpaired) electrons. The smallest absolute Gasteiger partial charge is 0.0608 e. The molecule has 1 saturated carbocycles. The number of aliphatic hydroxyl groups is 1.